The number of sulfonamides is 1. The molecule has 0 spiro atoms. The standard InChI is InChI=1S/C16H16N2O4S/c1-17(2)23(20,21)13-7-5-6-12(10-13)11-18-14-8-3-4-9-15(14)22-16(18)19/h3-10H,11H2,1-2H3. The molecule has 0 radical (unpaired) electrons. The second kappa shape index (κ2) is 5.68. The number of benzene rings is 2. The molecule has 1 heterocycles. The molecule has 6 nitrogen and oxygen atoms in total. The number of fused-ring (bicyclic) bond motifs is 1. The van der Waals surface area contributed by atoms with Crippen molar-refractivity contribution in [2.45, 2.75) is 11.4 Å². The Balaban J connectivity index is 2.04. The van der Waals surface area contributed by atoms with Crippen LogP contribution in [0.1, 0.15) is 5.56 Å². The largest absolute Gasteiger partial charge is 0.420 e. The quantitative estimate of drug-likeness (QED) is 0.731. The zero-order chi connectivity index (χ0) is 16.6. The summed E-state index contributed by atoms with van der Waals surface area (Å²) in [5, 5.41) is 0. The van der Waals surface area contributed by atoms with Gasteiger partial charge in [0.25, 0.3) is 0 Å². The molecule has 3 aromatic rings. The summed E-state index contributed by atoms with van der Waals surface area (Å²) in [5.74, 6) is -0.466. The molecule has 1 aromatic heterocycles. The van der Waals surface area contributed by atoms with Crippen LogP contribution in [0.2, 0.25) is 0 Å². The van der Waals surface area contributed by atoms with Crippen molar-refractivity contribution in [1.29, 1.82) is 0 Å². The summed E-state index contributed by atoms with van der Waals surface area (Å²) in [6.45, 7) is 0.243. The molecule has 23 heavy (non-hydrogen) atoms. The van der Waals surface area contributed by atoms with Crippen molar-refractivity contribution in [1.82, 2.24) is 8.87 Å². The average molecular weight is 332 g/mol. The van der Waals surface area contributed by atoms with Gasteiger partial charge >= 0.3 is 5.76 Å². The number of para-hydroxylation sites is 2. The minimum Gasteiger partial charge on any atom is -0.408 e. The fourth-order valence-corrected chi connectivity index (χ4v) is 3.33. The summed E-state index contributed by atoms with van der Waals surface area (Å²) in [5.41, 5.74) is 1.90. The van der Waals surface area contributed by atoms with Gasteiger partial charge in [0, 0.05) is 14.1 Å². The molecule has 0 unspecified atom stereocenters. The first-order chi connectivity index (χ1) is 10.9. The number of nitrogens with zero attached hydrogens (tertiary/aromatic N) is 2. The number of hydrogen-bond donors (Lipinski definition) is 0. The van der Waals surface area contributed by atoms with Gasteiger partial charge < -0.3 is 4.42 Å². The van der Waals surface area contributed by atoms with Gasteiger partial charge in [0.1, 0.15) is 0 Å². The molecule has 0 fully saturated rings. The van der Waals surface area contributed by atoms with Gasteiger partial charge in [0.15, 0.2) is 5.58 Å². The second-order valence-electron chi connectivity index (χ2n) is 5.36. The first kappa shape index (κ1) is 15.5. The maximum atomic E-state index is 12.2. The Morgan fingerprint density at radius 3 is 2.57 bits per heavy atom. The van der Waals surface area contributed by atoms with Gasteiger partial charge in [-0.25, -0.2) is 17.5 Å². The van der Waals surface area contributed by atoms with Crippen molar-refractivity contribution in [3.8, 4) is 0 Å². The molecule has 2 aromatic carbocycles. The summed E-state index contributed by atoms with van der Waals surface area (Å²) < 4.78 is 32.2. The Morgan fingerprint density at radius 2 is 1.83 bits per heavy atom. The second-order valence-corrected chi connectivity index (χ2v) is 7.51. The molecule has 0 amide bonds. The minimum absolute atomic E-state index is 0.195. The van der Waals surface area contributed by atoms with Gasteiger partial charge in [-0.15, -0.1) is 0 Å². The first-order valence-corrected chi connectivity index (χ1v) is 8.43. The normalized spacial score (nSPS) is 12.1. The van der Waals surface area contributed by atoms with Crippen LogP contribution in [0.25, 0.3) is 11.1 Å². The van der Waals surface area contributed by atoms with Crippen LogP contribution in [0.15, 0.2) is 62.6 Å². The van der Waals surface area contributed by atoms with Crippen molar-refractivity contribution in [2.24, 2.45) is 0 Å². The third kappa shape index (κ3) is 2.80. The summed E-state index contributed by atoms with van der Waals surface area (Å²) in [6, 6.07) is 13.7. The predicted octanol–water partition coefficient (Wildman–Crippen LogP) is 1.89. The Morgan fingerprint density at radius 1 is 1.09 bits per heavy atom. The fourth-order valence-electron chi connectivity index (χ4n) is 2.36. The van der Waals surface area contributed by atoms with E-state index >= 15 is 0 Å². The maximum Gasteiger partial charge on any atom is 0.420 e. The van der Waals surface area contributed by atoms with Gasteiger partial charge in [-0.3, -0.25) is 4.57 Å². The molecule has 0 saturated heterocycles. The maximum absolute atomic E-state index is 12.2. The lowest BCUT2D eigenvalue weighted by Gasteiger charge is -2.12. The summed E-state index contributed by atoms with van der Waals surface area (Å²) in [6.07, 6.45) is 0. The Hall–Kier alpha value is -2.38. The van der Waals surface area contributed by atoms with Crippen molar-refractivity contribution in [2.75, 3.05) is 14.1 Å². The van der Waals surface area contributed by atoms with Crippen LogP contribution < -0.4 is 5.76 Å². The topological polar surface area (TPSA) is 72.5 Å². The van der Waals surface area contributed by atoms with E-state index in [9.17, 15) is 13.2 Å². The van der Waals surface area contributed by atoms with Gasteiger partial charge in [0.05, 0.1) is 17.0 Å². The van der Waals surface area contributed by atoms with Crippen molar-refractivity contribution in [3.63, 3.8) is 0 Å². The number of aromatic nitrogens is 1. The third-order valence-corrected chi connectivity index (χ3v) is 5.40. The van der Waals surface area contributed by atoms with Gasteiger partial charge in [-0.2, -0.15) is 0 Å². The highest BCUT2D eigenvalue weighted by atomic mass is 32.2. The van der Waals surface area contributed by atoms with Crippen LogP contribution in [0.4, 0.5) is 0 Å². The smallest absolute Gasteiger partial charge is 0.408 e. The molecule has 0 aliphatic heterocycles. The third-order valence-electron chi connectivity index (χ3n) is 3.59. The van der Waals surface area contributed by atoms with E-state index in [1.807, 2.05) is 6.07 Å². The molecule has 0 N–H and O–H groups in total. The SMILES string of the molecule is CN(C)S(=O)(=O)c1cccc(Cn2c(=O)oc3ccccc32)c1. The molecule has 3 rings (SSSR count). The Kier molecular flexibility index (Phi) is 3.83. The van der Waals surface area contributed by atoms with E-state index in [0.29, 0.717) is 16.7 Å². The molecule has 0 aliphatic carbocycles. The zero-order valence-electron chi connectivity index (χ0n) is 12.8. The minimum atomic E-state index is -3.51. The van der Waals surface area contributed by atoms with E-state index in [1.54, 1.807) is 36.4 Å². The van der Waals surface area contributed by atoms with Gasteiger partial charge in [0.2, 0.25) is 10.0 Å². The van der Waals surface area contributed by atoms with Crippen LogP contribution in [-0.2, 0) is 16.6 Å². The van der Waals surface area contributed by atoms with E-state index in [0.717, 1.165) is 4.31 Å². The summed E-state index contributed by atoms with van der Waals surface area (Å²) in [7, 11) is -0.544. The average Bonchev–Trinajstić information content (AvgIpc) is 2.83. The highest BCUT2D eigenvalue weighted by Gasteiger charge is 2.17. The van der Waals surface area contributed by atoms with E-state index in [4.69, 9.17) is 4.42 Å². The predicted molar refractivity (Wildman–Crippen MR) is 86.9 cm³/mol. The molecule has 0 atom stereocenters. The molecule has 7 heteroatoms. The fraction of sp³-hybridized carbons (Fsp3) is 0.188. The van der Waals surface area contributed by atoms with E-state index in [1.165, 1.54) is 24.7 Å². The van der Waals surface area contributed by atoms with Crippen molar-refractivity contribution >= 4 is 21.1 Å². The molecule has 0 bridgehead atoms. The van der Waals surface area contributed by atoms with E-state index in [2.05, 4.69) is 0 Å². The van der Waals surface area contributed by atoms with Crippen LogP contribution in [-0.4, -0.2) is 31.4 Å². The summed E-state index contributed by atoms with van der Waals surface area (Å²) >= 11 is 0. The van der Waals surface area contributed by atoms with Crippen molar-refractivity contribution < 1.29 is 12.8 Å². The van der Waals surface area contributed by atoms with Crippen LogP contribution in [0, 0.1) is 0 Å². The lowest BCUT2D eigenvalue weighted by Crippen LogP contribution is -2.22. The highest BCUT2D eigenvalue weighted by Crippen LogP contribution is 2.17. The molecule has 120 valence electrons. The van der Waals surface area contributed by atoms with Gasteiger partial charge in [-0.1, -0.05) is 24.3 Å². The van der Waals surface area contributed by atoms with E-state index < -0.39 is 15.8 Å². The Bertz CT molecular complexity index is 1020. The summed E-state index contributed by atoms with van der Waals surface area (Å²) in [4.78, 5) is 12.2. The van der Waals surface area contributed by atoms with E-state index in [-0.39, 0.29) is 11.4 Å². The first-order valence-electron chi connectivity index (χ1n) is 6.99. The highest BCUT2D eigenvalue weighted by molar-refractivity contribution is 7.89. The number of oxazole rings is 1. The lowest BCUT2D eigenvalue weighted by molar-refractivity contribution is 0.516. The number of rotatable bonds is 4. The molecule has 0 aliphatic rings. The monoisotopic (exact) mass is 332 g/mol. The zero-order valence-corrected chi connectivity index (χ0v) is 13.6. The number of hydrogen-bond acceptors (Lipinski definition) is 4. The van der Waals surface area contributed by atoms with Crippen LogP contribution in [0.3, 0.4) is 0 Å². The lowest BCUT2D eigenvalue weighted by atomic mass is 10.2. The molecule has 0 saturated carbocycles. The van der Waals surface area contributed by atoms with Crippen LogP contribution in [0.5, 0.6) is 0 Å². The van der Waals surface area contributed by atoms with Gasteiger partial charge in [-0.05, 0) is 29.8 Å². The van der Waals surface area contributed by atoms with Crippen molar-refractivity contribution in [3.05, 3.63) is 64.6 Å². The Labute approximate surface area is 133 Å². The van der Waals surface area contributed by atoms with Crippen LogP contribution >= 0.6 is 0 Å². The molecular weight excluding hydrogens is 316 g/mol. The molecular formula is C16H16N2O4S.